The van der Waals surface area contributed by atoms with Gasteiger partial charge in [-0.05, 0) is 19.8 Å². The van der Waals surface area contributed by atoms with Crippen molar-refractivity contribution in [1.29, 1.82) is 0 Å². The molecule has 0 aromatic carbocycles. The molecule has 0 saturated carbocycles. The molecule has 0 aromatic heterocycles. The van der Waals surface area contributed by atoms with E-state index in [9.17, 15) is 0 Å². The van der Waals surface area contributed by atoms with Gasteiger partial charge in [0.15, 0.2) is 0 Å². The van der Waals surface area contributed by atoms with E-state index >= 15 is 0 Å². The minimum absolute atomic E-state index is 1.10. The molecule has 0 radical (unpaired) electrons. The monoisotopic (exact) mass is 206 g/mol. The fraction of sp³-hybridized carbons (Fsp3) is 0.467. The van der Waals surface area contributed by atoms with Crippen LogP contribution in [0.15, 0.2) is 49.1 Å². The van der Waals surface area contributed by atoms with Crippen molar-refractivity contribution >= 4 is 0 Å². The zero-order valence-corrected chi connectivity index (χ0v) is 10.6. The fourth-order valence-electron chi connectivity index (χ4n) is 0.839. The van der Waals surface area contributed by atoms with Crippen LogP contribution in [0.2, 0.25) is 0 Å². The highest BCUT2D eigenvalue weighted by Crippen LogP contribution is 1.97. The summed E-state index contributed by atoms with van der Waals surface area (Å²) in [6.07, 6.45) is 14.9. The second-order valence-corrected chi connectivity index (χ2v) is 3.46. The molecule has 0 rings (SSSR count). The molecule has 15 heavy (non-hydrogen) atoms. The molecule has 0 aliphatic heterocycles. The van der Waals surface area contributed by atoms with Gasteiger partial charge in [0.05, 0.1) is 0 Å². The molecule has 0 fully saturated rings. The van der Waals surface area contributed by atoms with Crippen LogP contribution in [0, 0.1) is 0 Å². The van der Waals surface area contributed by atoms with Crippen molar-refractivity contribution in [1.82, 2.24) is 0 Å². The summed E-state index contributed by atoms with van der Waals surface area (Å²) in [6.45, 7) is 13.6. The number of hydrogen-bond donors (Lipinski definition) is 0. The van der Waals surface area contributed by atoms with Crippen molar-refractivity contribution in [3.8, 4) is 0 Å². The van der Waals surface area contributed by atoms with Crippen LogP contribution in [0.4, 0.5) is 0 Å². The first-order valence-electron chi connectivity index (χ1n) is 5.78. The summed E-state index contributed by atoms with van der Waals surface area (Å²) in [5.74, 6) is 0. The molecule has 0 bridgehead atoms. The van der Waals surface area contributed by atoms with E-state index in [4.69, 9.17) is 0 Å². The summed E-state index contributed by atoms with van der Waals surface area (Å²) in [4.78, 5) is 0. The van der Waals surface area contributed by atoms with Crippen LogP contribution in [0.3, 0.4) is 0 Å². The average molecular weight is 206 g/mol. The lowest BCUT2D eigenvalue weighted by Crippen LogP contribution is -1.67. The molecule has 0 amide bonds. The van der Waals surface area contributed by atoms with Crippen LogP contribution in [0.5, 0.6) is 0 Å². The third kappa shape index (κ3) is 24.6. The van der Waals surface area contributed by atoms with Gasteiger partial charge in [-0.15, -0.1) is 0 Å². The van der Waals surface area contributed by atoms with E-state index in [-0.39, 0.29) is 0 Å². The predicted octanol–water partition coefficient (Wildman–Crippen LogP) is 5.45. The zero-order valence-electron chi connectivity index (χ0n) is 10.6. The number of rotatable bonds is 6. The average Bonchev–Trinajstić information content (AvgIpc) is 2.22. The van der Waals surface area contributed by atoms with E-state index in [2.05, 4.69) is 45.2 Å². The molecule has 0 aliphatic carbocycles. The molecule has 0 aliphatic rings. The normalized spacial score (nSPS) is 10.1. The van der Waals surface area contributed by atoms with Crippen LogP contribution < -0.4 is 0 Å². The van der Waals surface area contributed by atoms with E-state index in [1.165, 1.54) is 19.3 Å². The SMILES string of the molecule is C=C(C)/C=C/CCCC.C=C/C=C/CC. The summed E-state index contributed by atoms with van der Waals surface area (Å²) >= 11 is 0. The van der Waals surface area contributed by atoms with Gasteiger partial charge in [-0.2, -0.15) is 0 Å². The molecule has 0 N–H and O–H groups in total. The Morgan fingerprint density at radius 3 is 2.20 bits per heavy atom. The Hall–Kier alpha value is -1.04. The number of unbranched alkanes of at least 4 members (excludes halogenated alkanes) is 2. The van der Waals surface area contributed by atoms with Crippen molar-refractivity contribution < 1.29 is 0 Å². The molecular weight excluding hydrogens is 180 g/mol. The van der Waals surface area contributed by atoms with E-state index in [0.29, 0.717) is 0 Å². The van der Waals surface area contributed by atoms with Gasteiger partial charge in [0.1, 0.15) is 0 Å². The number of allylic oxidation sites excluding steroid dienone is 6. The van der Waals surface area contributed by atoms with Gasteiger partial charge in [0.2, 0.25) is 0 Å². The zero-order chi connectivity index (χ0) is 11.9. The van der Waals surface area contributed by atoms with Crippen molar-refractivity contribution in [3.05, 3.63) is 49.1 Å². The third-order valence-electron chi connectivity index (χ3n) is 1.63. The van der Waals surface area contributed by atoms with E-state index in [0.717, 1.165) is 12.0 Å². The summed E-state index contributed by atoms with van der Waals surface area (Å²) in [6, 6.07) is 0. The highest BCUT2D eigenvalue weighted by Gasteiger charge is 1.76. The predicted molar refractivity (Wildman–Crippen MR) is 73.1 cm³/mol. The van der Waals surface area contributed by atoms with Crippen molar-refractivity contribution in [3.63, 3.8) is 0 Å². The number of hydrogen-bond acceptors (Lipinski definition) is 0. The molecule has 0 heterocycles. The molecule has 86 valence electrons. The second kappa shape index (κ2) is 15.4. The lowest BCUT2D eigenvalue weighted by atomic mass is 10.2. The highest BCUT2D eigenvalue weighted by molar-refractivity contribution is 5.10. The molecule has 0 aromatic rings. The second-order valence-electron chi connectivity index (χ2n) is 3.46. The van der Waals surface area contributed by atoms with Crippen molar-refractivity contribution in [2.75, 3.05) is 0 Å². The van der Waals surface area contributed by atoms with Gasteiger partial charge in [0.25, 0.3) is 0 Å². The summed E-state index contributed by atoms with van der Waals surface area (Å²) in [5.41, 5.74) is 1.14. The van der Waals surface area contributed by atoms with Gasteiger partial charge in [-0.25, -0.2) is 0 Å². The highest BCUT2D eigenvalue weighted by atomic mass is 13.8. The molecule has 0 unspecified atom stereocenters. The Morgan fingerprint density at radius 2 is 1.87 bits per heavy atom. The third-order valence-corrected chi connectivity index (χ3v) is 1.63. The Kier molecular flexibility index (Phi) is 16.9. The molecule has 0 nitrogen and oxygen atoms in total. The van der Waals surface area contributed by atoms with Gasteiger partial charge in [-0.3, -0.25) is 0 Å². The van der Waals surface area contributed by atoms with Gasteiger partial charge < -0.3 is 0 Å². The summed E-state index contributed by atoms with van der Waals surface area (Å²) < 4.78 is 0. The van der Waals surface area contributed by atoms with Gasteiger partial charge in [-0.1, -0.05) is 75.8 Å². The molecule has 0 saturated heterocycles. The van der Waals surface area contributed by atoms with Crippen molar-refractivity contribution in [2.24, 2.45) is 0 Å². The van der Waals surface area contributed by atoms with Gasteiger partial charge in [0, 0.05) is 0 Å². The minimum Gasteiger partial charge on any atom is -0.0991 e. The Balaban J connectivity index is 0. The topological polar surface area (TPSA) is 0 Å². The van der Waals surface area contributed by atoms with Gasteiger partial charge >= 0.3 is 0 Å². The maximum Gasteiger partial charge on any atom is -0.0348 e. The largest absolute Gasteiger partial charge is 0.0991 e. The van der Waals surface area contributed by atoms with Crippen LogP contribution in [-0.4, -0.2) is 0 Å². The summed E-state index contributed by atoms with van der Waals surface area (Å²) in [7, 11) is 0. The van der Waals surface area contributed by atoms with Crippen LogP contribution in [-0.2, 0) is 0 Å². The first-order chi connectivity index (χ1) is 7.18. The molecule has 0 heteroatoms. The summed E-state index contributed by atoms with van der Waals surface area (Å²) in [5, 5.41) is 0. The maximum absolute atomic E-state index is 3.77. The van der Waals surface area contributed by atoms with Crippen LogP contribution in [0.25, 0.3) is 0 Å². The Morgan fingerprint density at radius 1 is 1.20 bits per heavy atom. The van der Waals surface area contributed by atoms with Crippen LogP contribution in [0.1, 0.15) is 46.5 Å². The fourth-order valence-corrected chi connectivity index (χ4v) is 0.839. The quantitative estimate of drug-likeness (QED) is 0.400. The maximum atomic E-state index is 3.77. The first-order valence-corrected chi connectivity index (χ1v) is 5.78. The van der Waals surface area contributed by atoms with Crippen molar-refractivity contribution in [2.45, 2.75) is 46.5 Å². The van der Waals surface area contributed by atoms with Crippen LogP contribution >= 0.6 is 0 Å². The smallest absolute Gasteiger partial charge is 0.0348 e. The minimum atomic E-state index is 1.10. The van der Waals surface area contributed by atoms with E-state index < -0.39 is 0 Å². The molecular formula is C15H26. The molecule has 0 atom stereocenters. The first kappa shape index (κ1) is 16.4. The van der Waals surface area contributed by atoms with E-state index in [1.807, 2.05) is 13.0 Å². The molecule has 0 spiro atoms. The lowest BCUT2D eigenvalue weighted by molar-refractivity contribution is 0.814. The Labute approximate surface area is 96.1 Å². The lowest BCUT2D eigenvalue weighted by Gasteiger charge is -1.87. The Bertz CT molecular complexity index is 194. The standard InChI is InChI=1S/C9H16.C6H10/c1-4-5-6-7-8-9(2)3;1-3-5-6-4-2/h7-8H,2,4-6H2,1,3H3;3,5-6H,1,4H2,2H3/b8-7+;6-5+. The van der Waals surface area contributed by atoms with E-state index in [1.54, 1.807) is 6.08 Å².